The highest BCUT2D eigenvalue weighted by atomic mass is 16.3. The van der Waals surface area contributed by atoms with Gasteiger partial charge in [0.1, 0.15) is 0 Å². The normalized spacial score (nSPS) is 20.0. The van der Waals surface area contributed by atoms with Crippen LogP contribution >= 0.6 is 0 Å². The molecule has 2 atom stereocenters. The maximum Gasteiger partial charge on any atom is 0.260 e. The Morgan fingerprint density at radius 1 is 1.19 bits per heavy atom. The quantitative estimate of drug-likeness (QED) is 0.755. The minimum absolute atomic E-state index is 0.0385. The number of amides is 1. The van der Waals surface area contributed by atoms with Crippen molar-refractivity contribution in [3.8, 4) is 0 Å². The van der Waals surface area contributed by atoms with E-state index in [1.54, 1.807) is 30.1 Å². The first-order valence-electron chi connectivity index (χ1n) is 9.02. The fraction of sp³-hybridized carbons (Fsp3) is 0.286. The van der Waals surface area contributed by atoms with Crippen LogP contribution in [0.1, 0.15) is 28.3 Å². The van der Waals surface area contributed by atoms with Crippen LogP contribution in [0.4, 0.5) is 0 Å². The van der Waals surface area contributed by atoms with E-state index >= 15 is 0 Å². The van der Waals surface area contributed by atoms with Crippen molar-refractivity contribution in [1.29, 1.82) is 0 Å². The van der Waals surface area contributed by atoms with Gasteiger partial charge in [-0.05, 0) is 30.2 Å². The zero-order valence-electron chi connectivity index (χ0n) is 15.1. The van der Waals surface area contributed by atoms with Crippen molar-refractivity contribution in [2.45, 2.75) is 18.4 Å². The van der Waals surface area contributed by atoms with Crippen LogP contribution in [-0.2, 0) is 7.05 Å². The number of benzene rings is 2. The van der Waals surface area contributed by atoms with E-state index < -0.39 is 6.10 Å². The van der Waals surface area contributed by atoms with E-state index in [0.717, 1.165) is 5.56 Å². The molecule has 0 unspecified atom stereocenters. The molecule has 0 saturated carbocycles. The predicted molar refractivity (Wildman–Crippen MR) is 103 cm³/mol. The lowest BCUT2D eigenvalue weighted by Gasteiger charge is -2.36. The van der Waals surface area contributed by atoms with Gasteiger partial charge in [0.15, 0.2) is 0 Å². The van der Waals surface area contributed by atoms with Crippen molar-refractivity contribution in [1.82, 2.24) is 14.5 Å². The number of piperidine rings is 1. The summed E-state index contributed by atoms with van der Waals surface area (Å²) in [5.74, 6) is -0.110. The van der Waals surface area contributed by atoms with Crippen molar-refractivity contribution in [2.24, 2.45) is 7.05 Å². The van der Waals surface area contributed by atoms with Crippen LogP contribution in [0.3, 0.4) is 0 Å². The van der Waals surface area contributed by atoms with Gasteiger partial charge in [-0.15, -0.1) is 0 Å². The third-order valence-electron chi connectivity index (χ3n) is 5.26. The maximum atomic E-state index is 12.9. The summed E-state index contributed by atoms with van der Waals surface area (Å²) in [4.78, 5) is 30.9. The first kappa shape index (κ1) is 17.4. The summed E-state index contributed by atoms with van der Waals surface area (Å²) in [5, 5.41) is 11.1. The summed E-state index contributed by atoms with van der Waals surface area (Å²) in [6.45, 7) is 0.873. The van der Waals surface area contributed by atoms with Gasteiger partial charge in [0.2, 0.25) is 0 Å². The zero-order chi connectivity index (χ0) is 19.0. The molecular formula is C21H21N3O3. The number of hydrogen-bond donors (Lipinski definition) is 1. The molecule has 1 fully saturated rings. The Morgan fingerprint density at radius 3 is 2.70 bits per heavy atom. The molecule has 1 N–H and O–H groups in total. The SMILES string of the molecule is Cn1cnc2cc(C(=O)N3CC[C@@H](c4ccccc4)[C@H](O)C3)ccc2c1=O. The molecule has 0 radical (unpaired) electrons. The van der Waals surface area contributed by atoms with Crippen LogP contribution in [0.2, 0.25) is 0 Å². The number of carbonyl (C=O) groups is 1. The van der Waals surface area contributed by atoms with Crippen LogP contribution < -0.4 is 5.56 Å². The van der Waals surface area contributed by atoms with Crippen LogP contribution in [0.15, 0.2) is 59.7 Å². The predicted octanol–water partition coefficient (Wildman–Crippen LogP) is 1.92. The third-order valence-corrected chi connectivity index (χ3v) is 5.26. The Balaban J connectivity index is 1.55. The first-order chi connectivity index (χ1) is 13.0. The number of aryl methyl sites for hydroxylation is 1. The Morgan fingerprint density at radius 2 is 1.96 bits per heavy atom. The lowest BCUT2D eigenvalue weighted by atomic mass is 9.87. The summed E-state index contributed by atoms with van der Waals surface area (Å²) in [6.07, 6.45) is 1.56. The molecule has 1 amide bonds. The van der Waals surface area contributed by atoms with Gasteiger partial charge in [0.25, 0.3) is 11.5 Å². The molecule has 138 valence electrons. The summed E-state index contributed by atoms with van der Waals surface area (Å²) < 4.78 is 1.41. The number of likely N-dealkylation sites (tertiary alicyclic amines) is 1. The second-order valence-corrected chi connectivity index (χ2v) is 7.02. The average Bonchev–Trinajstić information content (AvgIpc) is 2.70. The fourth-order valence-corrected chi connectivity index (χ4v) is 3.73. The number of carbonyl (C=O) groups excluding carboxylic acids is 1. The molecule has 6 heteroatoms. The summed E-state index contributed by atoms with van der Waals surface area (Å²) in [6, 6.07) is 14.9. The van der Waals surface area contributed by atoms with Gasteiger partial charge in [0, 0.05) is 31.6 Å². The van der Waals surface area contributed by atoms with Crippen LogP contribution in [0, 0.1) is 0 Å². The van der Waals surface area contributed by atoms with Crippen molar-refractivity contribution in [3.05, 3.63) is 76.3 Å². The Bertz CT molecular complexity index is 1050. The average molecular weight is 363 g/mol. The largest absolute Gasteiger partial charge is 0.391 e. The Labute approximate surface area is 156 Å². The van der Waals surface area contributed by atoms with E-state index in [0.29, 0.717) is 36.0 Å². The molecule has 4 rings (SSSR count). The lowest BCUT2D eigenvalue weighted by Crippen LogP contribution is -2.45. The highest BCUT2D eigenvalue weighted by molar-refractivity contribution is 5.97. The zero-order valence-corrected chi connectivity index (χ0v) is 15.1. The molecule has 3 aromatic rings. The monoisotopic (exact) mass is 363 g/mol. The number of aliphatic hydroxyl groups excluding tert-OH is 1. The maximum absolute atomic E-state index is 12.9. The number of β-amino-alcohol motifs (C(OH)–C–C–N with tert-alkyl or cyclic N) is 1. The van der Waals surface area contributed by atoms with Crippen molar-refractivity contribution >= 4 is 16.8 Å². The van der Waals surface area contributed by atoms with Crippen molar-refractivity contribution in [3.63, 3.8) is 0 Å². The highest BCUT2D eigenvalue weighted by Crippen LogP contribution is 2.29. The molecule has 2 aromatic carbocycles. The second-order valence-electron chi connectivity index (χ2n) is 7.02. The molecule has 0 bridgehead atoms. The van der Waals surface area contributed by atoms with E-state index in [1.165, 1.54) is 10.9 Å². The minimum Gasteiger partial charge on any atom is -0.391 e. The minimum atomic E-state index is -0.601. The van der Waals surface area contributed by atoms with Gasteiger partial charge < -0.3 is 14.6 Å². The Kier molecular flexibility index (Phi) is 4.49. The highest BCUT2D eigenvalue weighted by Gasteiger charge is 2.31. The summed E-state index contributed by atoms with van der Waals surface area (Å²) >= 11 is 0. The van der Waals surface area contributed by atoms with Crippen LogP contribution in [0.5, 0.6) is 0 Å². The number of rotatable bonds is 2. The second kappa shape index (κ2) is 6.96. The van der Waals surface area contributed by atoms with Crippen molar-refractivity contribution < 1.29 is 9.90 Å². The number of aliphatic hydroxyl groups is 1. The fourth-order valence-electron chi connectivity index (χ4n) is 3.73. The van der Waals surface area contributed by atoms with Crippen LogP contribution in [0.25, 0.3) is 10.9 Å². The lowest BCUT2D eigenvalue weighted by molar-refractivity contribution is 0.0382. The third kappa shape index (κ3) is 3.24. The molecule has 27 heavy (non-hydrogen) atoms. The standard InChI is InChI=1S/C21H21N3O3/c1-23-13-22-18-11-15(7-8-17(18)21(23)27)20(26)24-10-9-16(19(25)12-24)14-5-3-2-4-6-14/h2-8,11,13,16,19,25H,9-10,12H2,1H3/t16-,19+/m0/s1. The van der Waals surface area contributed by atoms with Crippen LogP contribution in [-0.4, -0.2) is 44.7 Å². The molecule has 6 nitrogen and oxygen atoms in total. The molecule has 1 aliphatic rings. The van der Waals surface area contributed by atoms with Gasteiger partial charge >= 0.3 is 0 Å². The van der Waals surface area contributed by atoms with E-state index in [2.05, 4.69) is 4.98 Å². The topological polar surface area (TPSA) is 75.4 Å². The number of aromatic nitrogens is 2. The number of hydrogen-bond acceptors (Lipinski definition) is 4. The first-order valence-corrected chi connectivity index (χ1v) is 9.02. The molecule has 1 aromatic heterocycles. The summed E-state index contributed by atoms with van der Waals surface area (Å²) in [5.41, 5.74) is 1.94. The molecule has 0 spiro atoms. The smallest absolute Gasteiger partial charge is 0.260 e. The van der Waals surface area contributed by atoms with E-state index in [1.807, 2.05) is 30.3 Å². The van der Waals surface area contributed by atoms with E-state index in [4.69, 9.17) is 0 Å². The number of nitrogens with zero attached hydrogens (tertiary/aromatic N) is 3. The molecular weight excluding hydrogens is 342 g/mol. The molecule has 1 aliphatic heterocycles. The van der Waals surface area contributed by atoms with E-state index in [-0.39, 0.29) is 17.4 Å². The van der Waals surface area contributed by atoms with Crippen molar-refractivity contribution in [2.75, 3.05) is 13.1 Å². The van der Waals surface area contributed by atoms with Gasteiger partial charge in [-0.25, -0.2) is 4.98 Å². The molecule has 1 saturated heterocycles. The van der Waals surface area contributed by atoms with Gasteiger partial charge in [-0.2, -0.15) is 0 Å². The summed E-state index contributed by atoms with van der Waals surface area (Å²) in [7, 11) is 1.64. The number of fused-ring (bicyclic) bond motifs is 1. The van der Waals surface area contributed by atoms with E-state index in [9.17, 15) is 14.7 Å². The van der Waals surface area contributed by atoms with Gasteiger partial charge in [-0.1, -0.05) is 30.3 Å². The van der Waals surface area contributed by atoms with Gasteiger partial charge in [-0.3, -0.25) is 9.59 Å². The Hall–Kier alpha value is -2.99. The molecule has 0 aliphatic carbocycles. The molecule has 2 heterocycles. The van der Waals surface area contributed by atoms with Gasteiger partial charge in [0.05, 0.1) is 23.3 Å².